The maximum atomic E-state index is 13.6. The number of hydrogen-bond acceptors (Lipinski definition) is 3. The summed E-state index contributed by atoms with van der Waals surface area (Å²) in [5, 5.41) is 12.3. The standard InChI is InChI=1S/C25H29F4NO3/c1-15(18-7-9-22(26)23(13-18)33-2)30-14-16-3-4-19(11-16)20-6-5-17(8-10-24(31)32)21(12-20)25(27,28)29/h5-7,9,12-13,15-16,19,30H,3-4,8,10-11,14H2,1-2H3,(H,31,32)/t15-,16?,19+/m1/s1. The first-order chi connectivity index (χ1) is 15.6. The van der Waals surface area contributed by atoms with Crippen LogP contribution in [0.3, 0.4) is 0 Å². The van der Waals surface area contributed by atoms with Crippen LogP contribution >= 0.6 is 0 Å². The fraction of sp³-hybridized carbons (Fsp3) is 0.480. The van der Waals surface area contributed by atoms with E-state index in [0.717, 1.165) is 24.8 Å². The smallest absolute Gasteiger partial charge is 0.416 e. The quantitative estimate of drug-likeness (QED) is 0.437. The van der Waals surface area contributed by atoms with Crippen molar-refractivity contribution >= 4 is 5.97 Å². The Morgan fingerprint density at radius 2 is 1.97 bits per heavy atom. The second-order valence-electron chi connectivity index (χ2n) is 8.71. The van der Waals surface area contributed by atoms with E-state index < -0.39 is 23.5 Å². The van der Waals surface area contributed by atoms with Gasteiger partial charge in [0.2, 0.25) is 0 Å². The zero-order valence-electron chi connectivity index (χ0n) is 18.7. The zero-order valence-corrected chi connectivity index (χ0v) is 18.7. The summed E-state index contributed by atoms with van der Waals surface area (Å²) < 4.78 is 59.4. The highest BCUT2D eigenvalue weighted by Gasteiger charge is 2.35. The Kier molecular flexibility index (Phi) is 8.00. The SMILES string of the molecule is COc1cc([C@@H](C)NCC2CC[C@H](c3ccc(CCC(=O)O)c(C(F)(F)F)c3)C2)ccc1F. The number of carboxylic acids is 1. The molecular formula is C25H29F4NO3. The van der Waals surface area contributed by atoms with Crippen molar-refractivity contribution in [1.82, 2.24) is 5.32 Å². The lowest BCUT2D eigenvalue weighted by Gasteiger charge is -2.19. The van der Waals surface area contributed by atoms with Crippen molar-refractivity contribution in [3.63, 3.8) is 0 Å². The monoisotopic (exact) mass is 467 g/mol. The molecule has 1 unspecified atom stereocenters. The molecule has 0 amide bonds. The topological polar surface area (TPSA) is 58.6 Å². The van der Waals surface area contributed by atoms with Gasteiger partial charge in [-0.05, 0) is 85.9 Å². The van der Waals surface area contributed by atoms with Gasteiger partial charge in [0.25, 0.3) is 0 Å². The first-order valence-electron chi connectivity index (χ1n) is 11.1. The predicted octanol–water partition coefficient (Wildman–Crippen LogP) is 6.10. The summed E-state index contributed by atoms with van der Waals surface area (Å²) in [7, 11) is 1.42. The highest BCUT2D eigenvalue weighted by molar-refractivity contribution is 5.67. The van der Waals surface area contributed by atoms with Crippen LogP contribution < -0.4 is 10.1 Å². The van der Waals surface area contributed by atoms with Gasteiger partial charge < -0.3 is 15.2 Å². The van der Waals surface area contributed by atoms with Crippen molar-refractivity contribution < 1.29 is 32.2 Å². The molecule has 0 aromatic heterocycles. The van der Waals surface area contributed by atoms with Crippen molar-refractivity contribution in [2.45, 2.75) is 57.2 Å². The lowest BCUT2D eigenvalue weighted by molar-refractivity contribution is -0.140. The van der Waals surface area contributed by atoms with Gasteiger partial charge in [0.1, 0.15) is 0 Å². The van der Waals surface area contributed by atoms with Crippen molar-refractivity contribution in [2.75, 3.05) is 13.7 Å². The Balaban J connectivity index is 1.62. The fourth-order valence-corrected chi connectivity index (χ4v) is 4.54. The molecule has 0 spiro atoms. The third kappa shape index (κ3) is 6.47. The average molecular weight is 468 g/mol. The maximum absolute atomic E-state index is 13.6. The number of aliphatic carboxylic acids is 1. The predicted molar refractivity (Wildman–Crippen MR) is 117 cm³/mol. The second-order valence-corrected chi connectivity index (χ2v) is 8.71. The molecule has 33 heavy (non-hydrogen) atoms. The van der Waals surface area contributed by atoms with Crippen LogP contribution in [0.4, 0.5) is 17.6 Å². The molecule has 0 bridgehead atoms. The van der Waals surface area contributed by atoms with Crippen LogP contribution in [-0.2, 0) is 17.4 Å². The van der Waals surface area contributed by atoms with Gasteiger partial charge in [-0.15, -0.1) is 0 Å². The number of benzene rings is 2. The Labute approximate surface area is 191 Å². The van der Waals surface area contributed by atoms with Crippen LogP contribution in [0.15, 0.2) is 36.4 Å². The second kappa shape index (κ2) is 10.5. The Bertz CT molecular complexity index is 977. The molecule has 1 fully saturated rings. The van der Waals surface area contributed by atoms with Crippen molar-refractivity contribution in [1.29, 1.82) is 0 Å². The molecule has 4 nitrogen and oxygen atoms in total. The van der Waals surface area contributed by atoms with E-state index in [-0.39, 0.29) is 36.1 Å². The van der Waals surface area contributed by atoms with Crippen LogP contribution in [0, 0.1) is 11.7 Å². The zero-order chi connectivity index (χ0) is 24.2. The van der Waals surface area contributed by atoms with Gasteiger partial charge in [-0.1, -0.05) is 18.2 Å². The maximum Gasteiger partial charge on any atom is 0.416 e. The minimum atomic E-state index is -4.52. The summed E-state index contributed by atoms with van der Waals surface area (Å²) in [4.78, 5) is 10.8. The lowest BCUT2D eigenvalue weighted by Crippen LogP contribution is -2.24. The molecule has 0 heterocycles. The van der Waals surface area contributed by atoms with Gasteiger partial charge in [0.15, 0.2) is 11.6 Å². The highest BCUT2D eigenvalue weighted by atomic mass is 19.4. The lowest BCUT2D eigenvalue weighted by atomic mass is 9.91. The third-order valence-corrected chi connectivity index (χ3v) is 6.45. The summed E-state index contributed by atoms with van der Waals surface area (Å²) in [5.41, 5.74) is 0.838. The number of carbonyl (C=O) groups is 1. The van der Waals surface area contributed by atoms with E-state index in [1.807, 2.05) is 6.92 Å². The summed E-state index contributed by atoms with van der Waals surface area (Å²) in [5.74, 6) is -0.992. The molecule has 0 aliphatic heterocycles. The van der Waals surface area contributed by atoms with Crippen molar-refractivity contribution in [3.05, 3.63) is 64.5 Å². The molecule has 3 atom stereocenters. The third-order valence-electron chi connectivity index (χ3n) is 6.45. The van der Waals surface area contributed by atoms with Gasteiger partial charge >= 0.3 is 12.1 Å². The van der Waals surface area contributed by atoms with E-state index in [4.69, 9.17) is 9.84 Å². The largest absolute Gasteiger partial charge is 0.494 e. The molecule has 2 aromatic carbocycles. The Morgan fingerprint density at radius 3 is 2.64 bits per heavy atom. The highest BCUT2D eigenvalue weighted by Crippen LogP contribution is 2.41. The summed E-state index contributed by atoms with van der Waals surface area (Å²) >= 11 is 0. The Hall–Kier alpha value is -2.61. The van der Waals surface area contributed by atoms with Gasteiger partial charge in [-0.25, -0.2) is 4.39 Å². The minimum absolute atomic E-state index is 0.0217. The van der Waals surface area contributed by atoms with Crippen LogP contribution in [0.5, 0.6) is 5.75 Å². The number of methoxy groups -OCH3 is 1. The number of alkyl halides is 3. The van der Waals surface area contributed by atoms with E-state index in [2.05, 4.69) is 5.32 Å². The molecule has 3 rings (SSSR count). The van der Waals surface area contributed by atoms with E-state index >= 15 is 0 Å². The Morgan fingerprint density at radius 1 is 1.21 bits per heavy atom. The normalized spacial score (nSPS) is 19.5. The van der Waals surface area contributed by atoms with Gasteiger partial charge in [-0.2, -0.15) is 13.2 Å². The summed E-state index contributed by atoms with van der Waals surface area (Å²) in [6.45, 7) is 2.69. The van der Waals surface area contributed by atoms with Crippen LogP contribution in [0.1, 0.15) is 66.8 Å². The number of hydrogen-bond donors (Lipinski definition) is 2. The van der Waals surface area contributed by atoms with Gasteiger partial charge in [-0.3, -0.25) is 4.79 Å². The van der Waals surface area contributed by atoms with Crippen LogP contribution in [0.25, 0.3) is 0 Å². The minimum Gasteiger partial charge on any atom is -0.494 e. The van der Waals surface area contributed by atoms with Crippen LogP contribution in [0.2, 0.25) is 0 Å². The molecule has 1 saturated carbocycles. The molecule has 1 aliphatic rings. The van der Waals surface area contributed by atoms with E-state index in [0.29, 0.717) is 18.0 Å². The molecule has 2 N–H and O–H groups in total. The summed E-state index contributed by atoms with van der Waals surface area (Å²) in [6.07, 6.45) is -2.52. The van der Waals surface area contributed by atoms with E-state index in [1.165, 1.54) is 25.3 Å². The number of nitrogens with one attached hydrogen (secondary N) is 1. The summed E-state index contributed by atoms with van der Waals surface area (Å²) in [6, 6.07) is 9.05. The molecular weight excluding hydrogens is 438 g/mol. The van der Waals surface area contributed by atoms with Crippen molar-refractivity contribution in [3.8, 4) is 5.75 Å². The first-order valence-corrected chi connectivity index (χ1v) is 11.1. The molecule has 8 heteroatoms. The molecule has 0 saturated heterocycles. The number of carboxylic acid groups (broad SMARTS) is 1. The molecule has 0 radical (unpaired) electrons. The molecule has 180 valence electrons. The average Bonchev–Trinajstić information content (AvgIpc) is 3.24. The number of halogens is 4. The molecule has 2 aromatic rings. The van der Waals surface area contributed by atoms with Gasteiger partial charge in [0, 0.05) is 12.5 Å². The first kappa shape index (κ1) is 25.0. The van der Waals surface area contributed by atoms with Crippen LogP contribution in [-0.4, -0.2) is 24.7 Å². The van der Waals surface area contributed by atoms with E-state index in [9.17, 15) is 22.4 Å². The molecule has 1 aliphatic carbocycles. The fourth-order valence-electron chi connectivity index (χ4n) is 4.54. The number of ether oxygens (including phenoxy) is 1. The van der Waals surface area contributed by atoms with Crippen molar-refractivity contribution in [2.24, 2.45) is 5.92 Å². The number of rotatable bonds is 9. The van der Waals surface area contributed by atoms with E-state index in [1.54, 1.807) is 18.2 Å². The van der Waals surface area contributed by atoms with Gasteiger partial charge in [0.05, 0.1) is 12.7 Å². The number of aryl methyl sites for hydroxylation is 1.